The van der Waals surface area contributed by atoms with Gasteiger partial charge in [-0.25, -0.2) is 9.97 Å². The molecule has 2 aromatic heterocycles. The van der Waals surface area contributed by atoms with E-state index in [4.69, 9.17) is 9.97 Å². The molecule has 0 saturated heterocycles. The van der Waals surface area contributed by atoms with Gasteiger partial charge in [-0.3, -0.25) is 9.59 Å². The van der Waals surface area contributed by atoms with Gasteiger partial charge in [-0.05, 0) is 56.5 Å². The van der Waals surface area contributed by atoms with Crippen molar-refractivity contribution in [3.63, 3.8) is 0 Å². The molecule has 156 valence electrons. The molecule has 1 saturated carbocycles. The summed E-state index contributed by atoms with van der Waals surface area (Å²) in [4.78, 5) is 35.8. The summed E-state index contributed by atoms with van der Waals surface area (Å²) in [6, 6.07) is 7.13. The van der Waals surface area contributed by atoms with E-state index in [1.807, 2.05) is 0 Å². The molecule has 2 N–H and O–H groups in total. The predicted octanol–water partition coefficient (Wildman–Crippen LogP) is 5.26. The van der Waals surface area contributed by atoms with E-state index in [1.165, 1.54) is 22.2 Å². The van der Waals surface area contributed by atoms with E-state index in [2.05, 4.69) is 24.5 Å². The number of hydrogen-bond acceptors (Lipinski definition) is 6. The van der Waals surface area contributed by atoms with Crippen molar-refractivity contribution in [2.45, 2.75) is 51.0 Å². The van der Waals surface area contributed by atoms with Crippen molar-refractivity contribution in [3.05, 3.63) is 40.5 Å². The summed E-state index contributed by atoms with van der Waals surface area (Å²) in [5.74, 6) is 1.53. The predicted molar refractivity (Wildman–Crippen MR) is 124 cm³/mol. The summed E-state index contributed by atoms with van der Waals surface area (Å²) in [6.45, 7) is 6.00. The maximum Gasteiger partial charge on any atom is 0.234 e. The SMILES string of the molecule is CCC(=O)Nc1ccc(NC(=O)CSc2nc(C3CC3)nc3sc(C)c(C)c23)cc1. The number of fused-ring (bicyclic) bond motifs is 1. The molecule has 6 nitrogen and oxygen atoms in total. The second-order valence-electron chi connectivity index (χ2n) is 7.44. The van der Waals surface area contributed by atoms with Crippen LogP contribution in [0.3, 0.4) is 0 Å². The first-order valence-electron chi connectivity index (χ1n) is 10.0. The van der Waals surface area contributed by atoms with Gasteiger partial charge in [0.15, 0.2) is 0 Å². The van der Waals surface area contributed by atoms with Crippen LogP contribution in [0.15, 0.2) is 29.3 Å². The number of benzene rings is 1. The van der Waals surface area contributed by atoms with Crippen molar-refractivity contribution in [2.75, 3.05) is 16.4 Å². The van der Waals surface area contributed by atoms with E-state index < -0.39 is 0 Å². The zero-order chi connectivity index (χ0) is 21.3. The lowest BCUT2D eigenvalue weighted by atomic mass is 10.2. The Kier molecular flexibility index (Phi) is 6.06. The van der Waals surface area contributed by atoms with Gasteiger partial charge >= 0.3 is 0 Å². The molecule has 0 aliphatic heterocycles. The second-order valence-corrected chi connectivity index (χ2v) is 9.61. The monoisotopic (exact) mass is 440 g/mol. The van der Waals surface area contributed by atoms with Crippen LogP contribution in [0.2, 0.25) is 0 Å². The van der Waals surface area contributed by atoms with Gasteiger partial charge in [-0.15, -0.1) is 11.3 Å². The molecule has 0 atom stereocenters. The Morgan fingerprint density at radius 1 is 1.07 bits per heavy atom. The number of carbonyl (C=O) groups is 2. The highest BCUT2D eigenvalue weighted by Crippen LogP contribution is 2.42. The number of aromatic nitrogens is 2. The van der Waals surface area contributed by atoms with Crippen molar-refractivity contribution in [1.82, 2.24) is 9.97 Å². The first-order chi connectivity index (χ1) is 14.4. The number of amides is 2. The van der Waals surface area contributed by atoms with E-state index in [-0.39, 0.29) is 17.6 Å². The van der Waals surface area contributed by atoms with Crippen molar-refractivity contribution in [1.29, 1.82) is 0 Å². The minimum Gasteiger partial charge on any atom is -0.326 e. The minimum atomic E-state index is -0.0883. The summed E-state index contributed by atoms with van der Waals surface area (Å²) in [6.07, 6.45) is 2.72. The molecule has 2 amide bonds. The highest BCUT2D eigenvalue weighted by molar-refractivity contribution is 8.00. The third kappa shape index (κ3) is 4.65. The molecule has 4 rings (SSSR count). The number of hydrogen-bond donors (Lipinski definition) is 2. The van der Waals surface area contributed by atoms with Crippen LogP contribution in [0.5, 0.6) is 0 Å². The molecule has 3 aromatic rings. The average molecular weight is 441 g/mol. The Labute approximate surface area is 183 Å². The Bertz CT molecular complexity index is 1100. The molecule has 0 unspecified atom stereocenters. The fraction of sp³-hybridized carbons (Fsp3) is 0.364. The highest BCUT2D eigenvalue weighted by atomic mass is 32.2. The van der Waals surface area contributed by atoms with Crippen LogP contribution >= 0.6 is 23.1 Å². The van der Waals surface area contributed by atoms with E-state index in [0.29, 0.717) is 23.7 Å². The average Bonchev–Trinajstić information content (AvgIpc) is 3.54. The molecule has 1 fully saturated rings. The number of nitrogens with zero attached hydrogens (tertiary/aromatic N) is 2. The number of thiophene rings is 1. The molecule has 30 heavy (non-hydrogen) atoms. The number of aryl methyl sites for hydroxylation is 2. The standard InChI is InChI=1S/C22H24N4O2S2/c1-4-17(27)23-15-7-9-16(10-8-15)24-18(28)11-29-21-19-12(2)13(3)30-22(19)26-20(25-21)14-5-6-14/h7-10,14H,4-6,11H2,1-3H3,(H,23,27)(H,24,28). The summed E-state index contributed by atoms with van der Waals surface area (Å²) >= 11 is 3.17. The van der Waals surface area contributed by atoms with Gasteiger partial charge in [0, 0.05) is 34.0 Å². The highest BCUT2D eigenvalue weighted by Gasteiger charge is 2.28. The number of thioether (sulfide) groups is 1. The fourth-order valence-corrected chi connectivity index (χ4v) is 5.07. The maximum absolute atomic E-state index is 12.5. The first kappa shape index (κ1) is 20.8. The summed E-state index contributed by atoms with van der Waals surface area (Å²) in [5, 5.41) is 7.68. The quantitative estimate of drug-likeness (QED) is 0.386. The van der Waals surface area contributed by atoms with Crippen LogP contribution in [-0.4, -0.2) is 27.5 Å². The lowest BCUT2D eigenvalue weighted by Crippen LogP contribution is -2.14. The Hall–Kier alpha value is -2.45. The third-order valence-corrected chi connectivity index (χ3v) is 7.15. The molecule has 1 aliphatic rings. The van der Waals surface area contributed by atoms with Crippen LogP contribution in [0.25, 0.3) is 10.2 Å². The molecule has 1 aliphatic carbocycles. The lowest BCUT2D eigenvalue weighted by molar-refractivity contribution is -0.116. The van der Waals surface area contributed by atoms with E-state index >= 15 is 0 Å². The molecule has 2 heterocycles. The third-order valence-electron chi connectivity index (χ3n) is 5.07. The van der Waals surface area contributed by atoms with Crippen LogP contribution in [0.4, 0.5) is 11.4 Å². The van der Waals surface area contributed by atoms with Crippen molar-refractivity contribution in [2.24, 2.45) is 0 Å². The molecular weight excluding hydrogens is 416 g/mol. The van der Waals surface area contributed by atoms with Gasteiger partial charge in [0.25, 0.3) is 0 Å². The summed E-state index contributed by atoms with van der Waals surface area (Å²) < 4.78 is 0. The van der Waals surface area contributed by atoms with Gasteiger partial charge in [-0.1, -0.05) is 18.7 Å². The van der Waals surface area contributed by atoms with E-state index in [1.54, 1.807) is 42.5 Å². The molecule has 0 spiro atoms. The van der Waals surface area contributed by atoms with Crippen LogP contribution in [0.1, 0.15) is 48.4 Å². The molecule has 0 radical (unpaired) electrons. The molecule has 8 heteroatoms. The molecular formula is C22H24N4O2S2. The Morgan fingerprint density at radius 3 is 2.30 bits per heavy atom. The normalized spacial score (nSPS) is 13.4. The van der Waals surface area contributed by atoms with E-state index in [9.17, 15) is 9.59 Å². The summed E-state index contributed by atoms with van der Waals surface area (Å²) in [5.41, 5.74) is 2.61. The maximum atomic E-state index is 12.5. The zero-order valence-corrected chi connectivity index (χ0v) is 18.9. The minimum absolute atomic E-state index is 0.0381. The Morgan fingerprint density at radius 2 is 1.70 bits per heavy atom. The van der Waals surface area contributed by atoms with Gasteiger partial charge in [0.1, 0.15) is 15.7 Å². The lowest BCUT2D eigenvalue weighted by Gasteiger charge is -2.09. The smallest absolute Gasteiger partial charge is 0.234 e. The van der Waals surface area contributed by atoms with E-state index in [0.717, 1.165) is 33.9 Å². The largest absolute Gasteiger partial charge is 0.326 e. The number of rotatable bonds is 7. The van der Waals surface area contributed by atoms with Crippen molar-refractivity contribution in [3.8, 4) is 0 Å². The molecule has 0 bridgehead atoms. The number of carbonyl (C=O) groups excluding carboxylic acids is 2. The fourth-order valence-electron chi connectivity index (χ4n) is 3.07. The topological polar surface area (TPSA) is 84.0 Å². The van der Waals surface area contributed by atoms with Gasteiger partial charge < -0.3 is 10.6 Å². The first-order valence-corrected chi connectivity index (χ1v) is 11.8. The summed E-state index contributed by atoms with van der Waals surface area (Å²) in [7, 11) is 0. The number of nitrogens with one attached hydrogen (secondary N) is 2. The van der Waals surface area contributed by atoms with Crippen LogP contribution < -0.4 is 10.6 Å². The van der Waals surface area contributed by atoms with Crippen molar-refractivity contribution >= 4 is 56.5 Å². The van der Waals surface area contributed by atoms with Gasteiger partial charge in [0.05, 0.1) is 5.75 Å². The second kappa shape index (κ2) is 8.73. The Balaban J connectivity index is 1.43. The van der Waals surface area contributed by atoms with Gasteiger partial charge in [-0.2, -0.15) is 0 Å². The van der Waals surface area contributed by atoms with Crippen molar-refractivity contribution < 1.29 is 9.59 Å². The molecule has 1 aromatic carbocycles. The zero-order valence-electron chi connectivity index (χ0n) is 17.2. The van der Waals surface area contributed by atoms with Crippen LogP contribution in [-0.2, 0) is 9.59 Å². The van der Waals surface area contributed by atoms with Gasteiger partial charge in [0.2, 0.25) is 11.8 Å². The number of anilines is 2. The van der Waals surface area contributed by atoms with Crippen LogP contribution in [0, 0.1) is 13.8 Å².